The SMILES string of the molecule is CCc1ccc(C(=O)CCc2nccn2C)cc1. The first-order chi connectivity index (χ1) is 8.70. The first-order valence-electron chi connectivity index (χ1n) is 6.29. The molecule has 0 amide bonds. The van der Waals surface area contributed by atoms with E-state index in [1.807, 2.05) is 42.1 Å². The summed E-state index contributed by atoms with van der Waals surface area (Å²) in [5, 5.41) is 0. The van der Waals surface area contributed by atoms with Crippen molar-refractivity contribution in [3.05, 3.63) is 53.6 Å². The van der Waals surface area contributed by atoms with Gasteiger partial charge in [0.05, 0.1) is 0 Å². The van der Waals surface area contributed by atoms with Gasteiger partial charge in [-0.05, 0) is 12.0 Å². The summed E-state index contributed by atoms with van der Waals surface area (Å²) in [6.07, 6.45) is 5.86. The van der Waals surface area contributed by atoms with E-state index in [4.69, 9.17) is 0 Å². The molecule has 0 aliphatic carbocycles. The van der Waals surface area contributed by atoms with E-state index in [9.17, 15) is 4.79 Å². The Morgan fingerprint density at radius 1 is 1.28 bits per heavy atom. The van der Waals surface area contributed by atoms with E-state index in [0.717, 1.165) is 17.8 Å². The van der Waals surface area contributed by atoms with Crippen LogP contribution >= 0.6 is 0 Å². The molecular formula is C15H18N2O. The number of carbonyl (C=O) groups is 1. The summed E-state index contributed by atoms with van der Waals surface area (Å²) < 4.78 is 1.95. The van der Waals surface area contributed by atoms with Gasteiger partial charge < -0.3 is 4.57 Å². The molecule has 0 N–H and O–H groups in total. The average molecular weight is 242 g/mol. The van der Waals surface area contributed by atoms with Crippen LogP contribution in [0.4, 0.5) is 0 Å². The topological polar surface area (TPSA) is 34.9 Å². The van der Waals surface area contributed by atoms with Crippen LogP contribution in [0.1, 0.15) is 35.1 Å². The molecule has 0 spiro atoms. The number of imidazole rings is 1. The number of benzene rings is 1. The smallest absolute Gasteiger partial charge is 0.163 e. The summed E-state index contributed by atoms with van der Waals surface area (Å²) in [4.78, 5) is 16.2. The number of nitrogens with zero attached hydrogens (tertiary/aromatic N) is 2. The van der Waals surface area contributed by atoms with Crippen molar-refractivity contribution in [2.75, 3.05) is 0 Å². The predicted molar refractivity (Wildman–Crippen MR) is 71.7 cm³/mol. The highest BCUT2D eigenvalue weighted by atomic mass is 16.1. The lowest BCUT2D eigenvalue weighted by Gasteiger charge is -2.03. The number of Topliss-reactive ketones (excluding diaryl/α,β-unsaturated/α-hetero) is 1. The van der Waals surface area contributed by atoms with Gasteiger partial charge in [0, 0.05) is 37.8 Å². The largest absolute Gasteiger partial charge is 0.338 e. The molecule has 1 heterocycles. The fraction of sp³-hybridized carbons (Fsp3) is 0.333. The Morgan fingerprint density at radius 3 is 2.56 bits per heavy atom. The van der Waals surface area contributed by atoms with E-state index in [1.165, 1.54) is 5.56 Å². The van der Waals surface area contributed by atoms with Gasteiger partial charge in [-0.2, -0.15) is 0 Å². The number of ketones is 1. The number of rotatable bonds is 5. The lowest BCUT2D eigenvalue weighted by Crippen LogP contribution is -2.04. The van der Waals surface area contributed by atoms with E-state index >= 15 is 0 Å². The van der Waals surface area contributed by atoms with Crippen LogP contribution in [0.3, 0.4) is 0 Å². The summed E-state index contributed by atoms with van der Waals surface area (Å²) in [5.74, 6) is 1.13. The number of aryl methyl sites for hydroxylation is 3. The molecule has 0 aliphatic rings. The van der Waals surface area contributed by atoms with Crippen molar-refractivity contribution in [1.29, 1.82) is 0 Å². The molecule has 0 saturated carbocycles. The van der Waals surface area contributed by atoms with E-state index < -0.39 is 0 Å². The molecule has 3 heteroatoms. The van der Waals surface area contributed by atoms with Crippen LogP contribution in [-0.4, -0.2) is 15.3 Å². The summed E-state index contributed by atoms with van der Waals surface area (Å²) in [6, 6.07) is 7.88. The standard InChI is InChI=1S/C15H18N2O/c1-3-12-4-6-13(7-5-12)14(18)8-9-15-16-10-11-17(15)2/h4-7,10-11H,3,8-9H2,1-2H3. The fourth-order valence-corrected chi connectivity index (χ4v) is 1.93. The number of aromatic nitrogens is 2. The van der Waals surface area contributed by atoms with Crippen LogP contribution in [0.5, 0.6) is 0 Å². The van der Waals surface area contributed by atoms with Crippen molar-refractivity contribution in [1.82, 2.24) is 9.55 Å². The Morgan fingerprint density at radius 2 is 2.00 bits per heavy atom. The first-order valence-corrected chi connectivity index (χ1v) is 6.29. The molecule has 94 valence electrons. The maximum absolute atomic E-state index is 12.0. The van der Waals surface area contributed by atoms with Crippen LogP contribution in [0, 0.1) is 0 Å². The molecule has 1 aromatic carbocycles. The lowest BCUT2D eigenvalue weighted by atomic mass is 10.0. The highest BCUT2D eigenvalue weighted by Gasteiger charge is 2.07. The van der Waals surface area contributed by atoms with E-state index in [2.05, 4.69) is 11.9 Å². The zero-order valence-electron chi connectivity index (χ0n) is 10.9. The quantitative estimate of drug-likeness (QED) is 0.756. The number of carbonyl (C=O) groups excluding carboxylic acids is 1. The van der Waals surface area contributed by atoms with Gasteiger partial charge in [-0.1, -0.05) is 31.2 Å². The minimum Gasteiger partial charge on any atom is -0.338 e. The molecule has 3 nitrogen and oxygen atoms in total. The Kier molecular flexibility index (Phi) is 3.92. The molecule has 0 saturated heterocycles. The van der Waals surface area contributed by atoms with Gasteiger partial charge in [0.1, 0.15) is 5.82 Å². The zero-order chi connectivity index (χ0) is 13.0. The third-order valence-electron chi connectivity index (χ3n) is 3.18. The van der Waals surface area contributed by atoms with Crippen molar-refractivity contribution >= 4 is 5.78 Å². The van der Waals surface area contributed by atoms with Gasteiger partial charge >= 0.3 is 0 Å². The highest BCUT2D eigenvalue weighted by molar-refractivity contribution is 5.96. The van der Waals surface area contributed by atoms with Crippen LogP contribution in [0.15, 0.2) is 36.7 Å². The monoisotopic (exact) mass is 242 g/mol. The molecule has 0 fully saturated rings. The highest BCUT2D eigenvalue weighted by Crippen LogP contribution is 2.09. The predicted octanol–water partition coefficient (Wildman–Crippen LogP) is 2.80. The second-order valence-corrected chi connectivity index (χ2v) is 4.43. The van der Waals surface area contributed by atoms with Gasteiger partial charge in [0.25, 0.3) is 0 Å². The van der Waals surface area contributed by atoms with Gasteiger partial charge in [0.15, 0.2) is 5.78 Å². The van der Waals surface area contributed by atoms with Gasteiger partial charge in [-0.25, -0.2) is 4.98 Å². The van der Waals surface area contributed by atoms with E-state index in [0.29, 0.717) is 12.8 Å². The van der Waals surface area contributed by atoms with Crippen LogP contribution in [0.25, 0.3) is 0 Å². The average Bonchev–Trinajstić information content (AvgIpc) is 2.81. The summed E-state index contributed by atoms with van der Waals surface area (Å²) >= 11 is 0. The molecule has 0 bridgehead atoms. The van der Waals surface area contributed by atoms with Gasteiger partial charge in [0.2, 0.25) is 0 Å². The normalized spacial score (nSPS) is 10.6. The molecule has 2 rings (SSSR count). The molecule has 18 heavy (non-hydrogen) atoms. The van der Waals surface area contributed by atoms with Gasteiger partial charge in [-0.3, -0.25) is 4.79 Å². The zero-order valence-corrected chi connectivity index (χ0v) is 10.9. The second-order valence-electron chi connectivity index (χ2n) is 4.43. The van der Waals surface area contributed by atoms with Crippen molar-refractivity contribution in [3.8, 4) is 0 Å². The lowest BCUT2D eigenvalue weighted by molar-refractivity contribution is 0.0982. The molecule has 0 radical (unpaired) electrons. The first kappa shape index (κ1) is 12.6. The van der Waals surface area contributed by atoms with Crippen molar-refractivity contribution < 1.29 is 4.79 Å². The second kappa shape index (κ2) is 5.63. The molecule has 1 aromatic heterocycles. The van der Waals surface area contributed by atoms with Crippen LogP contribution in [0.2, 0.25) is 0 Å². The van der Waals surface area contributed by atoms with Crippen molar-refractivity contribution in [2.45, 2.75) is 26.2 Å². The Labute approximate surface area is 107 Å². The number of hydrogen-bond donors (Lipinski definition) is 0. The fourth-order valence-electron chi connectivity index (χ4n) is 1.93. The molecular weight excluding hydrogens is 224 g/mol. The number of hydrogen-bond acceptors (Lipinski definition) is 2. The third-order valence-corrected chi connectivity index (χ3v) is 3.18. The minimum absolute atomic E-state index is 0.181. The maximum atomic E-state index is 12.0. The van der Waals surface area contributed by atoms with Crippen LogP contribution < -0.4 is 0 Å². The summed E-state index contributed by atoms with van der Waals surface area (Å²) in [7, 11) is 1.95. The Balaban J connectivity index is 1.97. The molecule has 2 aromatic rings. The minimum atomic E-state index is 0.181. The third kappa shape index (κ3) is 2.86. The molecule has 0 atom stereocenters. The van der Waals surface area contributed by atoms with Crippen LogP contribution in [-0.2, 0) is 19.9 Å². The van der Waals surface area contributed by atoms with E-state index in [-0.39, 0.29) is 5.78 Å². The van der Waals surface area contributed by atoms with Crippen molar-refractivity contribution in [2.24, 2.45) is 7.05 Å². The maximum Gasteiger partial charge on any atom is 0.163 e. The Hall–Kier alpha value is -1.90. The van der Waals surface area contributed by atoms with E-state index in [1.54, 1.807) is 6.20 Å². The summed E-state index contributed by atoms with van der Waals surface area (Å²) in [5.41, 5.74) is 2.05. The molecule has 0 aliphatic heterocycles. The van der Waals surface area contributed by atoms with Crippen molar-refractivity contribution in [3.63, 3.8) is 0 Å². The Bertz CT molecular complexity index is 526. The molecule has 0 unspecified atom stereocenters. The van der Waals surface area contributed by atoms with Gasteiger partial charge in [-0.15, -0.1) is 0 Å². The summed E-state index contributed by atoms with van der Waals surface area (Å²) in [6.45, 7) is 2.11.